The predicted molar refractivity (Wildman–Crippen MR) is 71.2 cm³/mol. The molecule has 0 unspecified atom stereocenters. The van der Waals surface area contributed by atoms with Gasteiger partial charge < -0.3 is 10.0 Å². The summed E-state index contributed by atoms with van der Waals surface area (Å²) in [6, 6.07) is 2.00. The highest BCUT2D eigenvalue weighted by atomic mass is 16.4. The third-order valence-electron chi connectivity index (χ3n) is 3.65. The Hall–Kier alpha value is -2.44. The molecule has 104 valence electrons. The van der Waals surface area contributed by atoms with Crippen LogP contribution >= 0.6 is 0 Å². The zero-order valence-corrected chi connectivity index (χ0v) is 10.9. The molecule has 3 rings (SSSR count). The van der Waals surface area contributed by atoms with Crippen molar-refractivity contribution in [3.63, 3.8) is 0 Å². The van der Waals surface area contributed by atoms with E-state index in [-0.39, 0.29) is 0 Å². The van der Waals surface area contributed by atoms with E-state index in [0.717, 1.165) is 29.8 Å². The van der Waals surface area contributed by atoms with Crippen LogP contribution in [-0.2, 0) is 0 Å². The third-order valence-corrected chi connectivity index (χ3v) is 3.65. The number of H-pyrrole nitrogens is 1. The van der Waals surface area contributed by atoms with E-state index < -0.39 is 6.09 Å². The second-order valence-corrected chi connectivity index (χ2v) is 4.88. The lowest BCUT2D eigenvalue weighted by atomic mass is 9.93. The van der Waals surface area contributed by atoms with E-state index in [1.54, 1.807) is 12.4 Å². The highest BCUT2D eigenvalue weighted by Gasteiger charge is 2.25. The van der Waals surface area contributed by atoms with Crippen molar-refractivity contribution >= 4 is 6.09 Å². The molecule has 0 aromatic carbocycles. The van der Waals surface area contributed by atoms with Gasteiger partial charge in [0.05, 0.1) is 11.4 Å². The van der Waals surface area contributed by atoms with Crippen LogP contribution in [0.3, 0.4) is 0 Å². The number of carbonyl (C=O) groups is 1. The van der Waals surface area contributed by atoms with Crippen LogP contribution in [0.15, 0.2) is 24.8 Å². The number of nitrogens with one attached hydrogen (secondary N) is 1. The van der Waals surface area contributed by atoms with Crippen LogP contribution in [0.1, 0.15) is 24.5 Å². The molecule has 0 atom stereocenters. The molecule has 1 fully saturated rings. The molecule has 2 N–H and O–H groups in total. The number of amides is 1. The van der Waals surface area contributed by atoms with Crippen molar-refractivity contribution in [3.05, 3.63) is 30.5 Å². The van der Waals surface area contributed by atoms with Gasteiger partial charge in [-0.3, -0.25) is 5.10 Å². The van der Waals surface area contributed by atoms with Gasteiger partial charge in [-0.15, -0.1) is 0 Å². The van der Waals surface area contributed by atoms with Gasteiger partial charge in [-0.2, -0.15) is 5.10 Å². The number of piperidine rings is 1. The summed E-state index contributed by atoms with van der Waals surface area (Å²) in [6.45, 7) is 1.13. The van der Waals surface area contributed by atoms with Gasteiger partial charge in [0, 0.05) is 37.0 Å². The third kappa shape index (κ3) is 2.47. The molecule has 1 aliphatic rings. The summed E-state index contributed by atoms with van der Waals surface area (Å²) in [7, 11) is 0. The first-order valence-electron chi connectivity index (χ1n) is 6.52. The average Bonchev–Trinajstić information content (AvgIpc) is 2.98. The van der Waals surface area contributed by atoms with Gasteiger partial charge in [0.2, 0.25) is 0 Å². The fourth-order valence-electron chi connectivity index (χ4n) is 2.50. The van der Waals surface area contributed by atoms with E-state index in [9.17, 15) is 4.79 Å². The minimum Gasteiger partial charge on any atom is -0.465 e. The first-order chi connectivity index (χ1) is 9.74. The Morgan fingerprint density at radius 2 is 2.00 bits per heavy atom. The number of rotatable bonds is 2. The smallest absolute Gasteiger partial charge is 0.407 e. The van der Waals surface area contributed by atoms with Gasteiger partial charge in [-0.25, -0.2) is 14.8 Å². The maximum atomic E-state index is 10.9. The zero-order chi connectivity index (χ0) is 13.9. The summed E-state index contributed by atoms with van der Waals surface area (Å²) in [5.74, 6) is 0.306. The lowest BCUT2D eigenvalue weighted by Crippen LogP contribution is -2.36. The fraction of sp³-hybridized carbons (Fsp3) is 0.385. The van der Waals surface area contributed by atoms with E-state index in [2.05, 4.69) is 20.2 Å². The molecule has 2 aromatic rings. The van der Waals surface area contributed by atoms with E-state index in [0.29, 0.717) is 19.0 Å². The van der Waals surface area contributed by atoms with Crippen LogP contribution in [0.5, 0.6) is 0 Å². The first-order valence-corrected chi connectivity index (χ1v) is 6.52. The molecule has 0 radical (unpaired) electrons. The van der Waals surface area contributed by atoms with Crippen LogP contribution in [0, 0.1) is 0 Å². The Kier molecular flexibility index (Phi) is 3.32. The molecular formula is C13H15N5O2. The summed E-state index contributed by atoms with van der Waals surface area (Å²) >= 11 is 0. The number of aromatic amines is 1. The minimum atomic E-state index is -0.840. The van der Waals surface area contributed by atoms with Crippen LogP contribution in [0.25, 0.3) is 11.3 Å². The van der Waals surface area contributed by atoms with E-state index in [1.807, 2.05) is 6.07 Å². The molecule has 0 aliphatic carbocycles. The predicted octanol–water partition coefficient (Wildman–Crippen LogP) is 1.72. The van der Waals surface area contributed by atoms with Crippen molar-refractivity contribution in [2.75, 3.05) is 13.1 Å². The van der Waals surface area contributed by atoms with E-state index in [4.69, 9.17) is 5.11 Å². The van der Waals surface area contributed by atoms with Crippen LogP contribution in [-0.4, -0.2) is 49.4 Å². The number of hydrogen-bond donors (Lipinski definition) is 2. The number of likely N-dealkylation sites (tertiary alicyclic amines) is 1. The second-order valence-electron chi connectivity index (χ2n) is 4.88. The number of hydrogen-bond acceptors (Lipinski definition) is 4. The van der Waals surface area contributed by atoms with Crippen LogP contribution < -0.4 is 0 Å². The number of nitrogens with zero attached hydrogens (tertiary/aromatic N) is 4. The lowest BCUT2D eigenvalue weighted by molar-refractivity contribution is 0.131. The number of carboxylic acid groups (broad SMARTS) is 1. The van der Waals surface area contributed by atoms with Crippen molar-refractivity contribution in [2.24, 2.45) is 0 Å². The summed E-state index contributed by atoms with van der Waals surface area (Å²) in [6.07, 6.45) is 5.73. The summed E-state index contributed by atoms with van der Waals surface area (Å²) < 4.78 is 0. The van der Waals surface area contributed by atoms with Gasteiger partial charge in [0.15, 0.2) is 0 Å². The average molecular weight is 273 g/mol. The molecule has 0 spiro atoms. The molecule has 7 nitrogen and oxygen atoms in total. The van der Waals surface area contributed by atoms with E-state index >= 15 is 0 Å². The second kappa shape index (κ2) is 5.28. The quantitative estimate of drug-likeness (QED) is 0.868. The van der Waals surface area contributed by atoms with Crippen LogP contribution in [0.4, 0.5) is 4.79 Å². The van der Waals surface area contributed by atoms with E-state index in [1.165, 1.54) is 11.2 Å². The van der Waals surface area contributed by atoms with Gasteiger partial charge >= 0.3 is 6.09 Å². The Morgan fingerprint density at radius 1 is 1.30 bits per heavy atom. The highest BCUT2D eigenvalue weighted by molar-refractivity contribution is 5.65. The topological polar surface area (TPSA) is 95.0 Å². The SMILES string of the molecule is O=C(O)N1CCC(c2cc(-c3cncnc3)[nH]n2)CC1. The highest BCUT2D eigenvalue weighted by Crippen LogP contribution is 2.28. The normalized spacial score (nSPS) is 16.3. The molecule has 1 amide bonds. The van der Waals surface area contributed by atoms with Crippen molar-refractivity contribution in [1.29, 1.82) is 0 Å². The van der Waals surface area contributed by atoms with Gasteiger partial charge in [0.1, 0.15) is 6.33 Å². The maximum absolute atomic E-state index is 10.9. The van der Waals surface area contributed by atoms with Gasteiger partial charge in [0.25, 0.3) is 0 Å². The Balaban J connectivity index is 1.71. The molecular weight excluding hydrogens is 258 g/mol. The van der Waals surface area contributed by atoms with Gasteiger partial charge in [-0.05, 0) is 18.9 Å². The zero-order valence-electron chi connectivity index (χ0n) is 10.9. The van der Waals surface area contributed by atoms with Crippen LogP contribution in [0.2, 0.25) is 0 Å². The monoisotopic (exact) mass is 273 g/mol. The minimum absolute atomic E-state index is 0.306. The van der Waals surface area contributed by atoms with Crippen molar-refractivity contribution < 1.29 is 9.90 Å². The number of aromatic nitrogens is 4. The van der Waals surface area contributed by atoms with Crippen molar-refractivity contribution in [2.45, 2.75) is 18.8 Å². The fourth-order valence-corrected chi connectivity index (χ4v) is 2.50. The first kappa shape index (κ1) is 12.6. The Bertz CT molecular complexity index is 590. The molecule has 0 bridgehead atoms. The maximum Gasteiger partial charge on any atom is 0.407 e. The molecule has 1 saturated heterocycles. The summed E-state index contributed by atoms with van der Waals surface area (Å²) in [4.78, 5) is 20.3. The molecule has 0 saturated carbocycles. The Morgan fingerprint density at radius 3 is 2.65 bits per heavy atom. The summed E-state index contributed by atoms with van der Waals surface area (Å²) in [5.41, 5.74) is 2.77. The molecule has 7 heteroatoms. The van der Waals surface area contributed by atoms with Crippen molar-refractivity contribution in [3.8, 4) is 11.3 Å². The molecule has 1 aliphatic heterocycles. The molecule has 20 heavy (non-hydrogen) atoms. The molecule has 3 heterocycles. The largest absolute Gasteiger partial charge is 0.465 e. The van der Waals surface area contributed by atoms with Gasteiger partial charge in [-0.1, -0.05) is 0 Å². The van der Waals surface area contributed by atoms with Crippen molar-refractivity contribution in [1.82, 2.24) is 25.1 Å². The standard InChI is InChI=1S/C13H15N5O2/c19-13(20)18-3-1-9(2-4-18)11-5-12(17-16-11)10-6-14-8-15-7-10/h5-9H,1-4H2,(H,16,17)(H,19,20). The molecule has 2 aromatic heterocycles. The Labute approximate surface area is 115 Å². The lowest BCUT2D eigenvalue weighted by Gasteiger charge is -2.28. The summed E-state index contributed by atoms with van der Waals surface area (Å²) in [5, 5.41) is 16.3.